The summed E-state index contributed by atoms with van der Waals surface area (Å²) in [5.41, 5.74) is 3.20. The Balaban J connectivity index is 1.48. The lowest BCUT2D eigenvalue weighted by molar-refractivity contribution is -0.138. The van der Waals surface area contributed by atoms with Crippen LogP contribution in [0.3, 0.4) is 0 Å². The maximum absolute atomic E-state index is 13.9. The number of likely N-dealkylation sites (tertiary alicyclic amines) is 1. The summed E-state index contributed by atoms with van der Waals surface area (Å²) >= 11 is 0. The van der Waals surface area contributed by atoms with Crippen LogP contribution >= 0.6 is 0 Å². The van der Waals surface area contributed by atoms with Crippen LogP contribution in [0.15, 0.2) is 42.5 Å². The van der Waals surface area contributed by atoms with Crippen LogP contribution in [-0.4, -0.2) is 23.3 Å². The molecule has 2 amide bonds. The van der Waals surface area contributed by atoms with Gasteiger partial charge in [-0.2, -0.15) is 0 Å². The first-order valence-electron chi connectivity index (χ1n) is 8.07. The van der Waals surface area contributed by atoms with Gasteiger partial charge in [-0.15, -0.1) is 0 Å². The van der Waals surface area contributed by atoms with Crippen LogP contribution in [0.1, 0.15) is 29.2 Å². The summed E-state index contributed by atoms with van der Waals surface area (Å²) < 4.78 is 13.9. The topological polar surface area (TPSA) is 49.4 Å². The van der Waals surface area contributed by atoms with Crippen molar-refractivity contribution < 1.29 is 14.0 Å². The number of benzene rings is 2. The van der Waals surface area contributed by atoms with E-state index < -0.39 is 0 Å². The minimum absolute atomic E-state index is 0.0150. The van der Waals surface area contributed by atoms with Gasteiger partial charge < -0.3 is 10.2 Å². The lowest BCUT2D eigenvalue weighted by Crippen LogP contribution is -2.46. The summed E-state index contributed by atoms with van der Waals surface area (Å²) in [6, 6.07) is 12.1. The summed E-state index contributed by atoms with van der Waals surface area (Å²) in [6.45, 7) is 0.652. The first-order valence-corrected chi connectivity index (χ1v) is 8.07. The number of carbonyl (C=O) groups excluding carboxylic acids is 2. The highest BCUT2D eigenvalue weighted by Gasteiger charge is 2.34. The number of carbonyl (C=O) groups is 2. The normalized spacial score (nSPS) is 18.8. The molecule has 0 radical (unpaired) electrons. The van der Waals surface area contributed by atoms with E-state index in [0.717, 1.165) is 23.2 Å². The van der Waals surface area contributed by atoms with Crippen molar-refractivity contribution in [1.29, 1.82) is 0 Å². The number of hydrogen-bond acceptors (Lipinski definition) is 2. The Bertz CT molecular complexity index is 834. The summed E-state index contributed by atoms with van der Waals surface area (Å²) in [7, 11) is 0. The Kier molecular flexibility index (Phi) is 3.56. The van der Waals surface area contributed by atoms with Gasteiger partial charge in [0.2, 0.25) is 11.8 Å². The first-order chi connectivity index (χ1) is 11.6. The fourth-order valence-corrected chi connectivity index (χ4v) is 3.40. The van der Waals surface area contributed by atoms with Crippen molar-refractivity contribution in [2.24, 2.45) is 0 Å². The molecule has 2 heterocycles. The van der Waals surface area contributed by atoms with E-state index in [2.05, 4.69) is 5.32 Å². The zero-order valence-corrected chi connectivity index (χ0v) is 13.1. The molecule has 0 aromatic heterocycles. The van der Waals surface area contributed by atoms with Crippen molar-refractivity contribution in [2.45, 2.75) is 25.3 Å². The van der Waals surface area contributed by atoms with Crippen LogP contribution in [0, 0.1) is 5.82 Å². The van der Waals surface area contributed by atoms with Crippen LogP contribution < -0.4 is 5.32 Å². The van der Waals surface area contributed by atoms with Crippen LogP contribution in [-0.2, 0) is 22.4 Å². The van der Waals surface area contributed by atoms with E-state index in [1.165, 1.54) is 6.07 Å². The molecule has 4 rings (SSSR count). The summed E-state index contributed by atoms with van der Waals surface area (Å²) in [5, 5.41) is 2.80. The molecule has 2 aliphatic rings. The number of rotatable bonds is 3. The molecule has 5 heteroatoms. The third-order valence-corrected chi connectivity index (χ3v) is 4.76. The van der Waals surface area contributed by atoms with Gasteiger partial charge in [0.05, 0.1) is 18.9 Å². The van der Waals surface area contributed by atoms with Crippen molar-refractivity contribution in [3.63, 3.8) is 0 Å². The first kappa shape index (κ1) is 14.9. The van der Waals surface area contributed by atoms with Crippen LogP contribution in [0.25, 0.3) is 0 Å². The van der Waals surface area contributed by atoms with E-state index in [4.69, 9.17) is 0 Å². The van der Waals surface area contributed by atoms with Gasteiger partial charge in [-0.1, -0.05) is 30.3 Å². The van der Waals surface area contributed by atoms with Crippen molar-refractivity contribution in [3.05, 3.63) is 65.0 Å². The third-order valence-electron chi connectivity index (χ3n) is 4.76. The van der Waals surface area contributed by atoms with Crippen molar-refractivity contribution in [1.82, 2.24) is 4.90 Å². The zero-order valence-electron chi connectivity index (χ0n) is 13.1. The molecule has 0 bridgehead atoms. The second kappa shape index (κ2) is 5.74. The summed E-state index contributed by atoms with van der Waals surface area (Å²) in [5.74, 6) is -0.296. The molecular formula is C19H17FN2O2. The Hall–Kier alpha value is -2.69. The Labute approximate surface area is 139 Å². The van der Waals surface area contributed by atoms with E-state index in [-0.39, 0.29) is 30.1 Å². The minimum Gasteiger partial charge on any atom is -0.335 e. The molecule has 24 heavy (non-hydrogen) atoms. The lowest BCUT2D eigenvalue weighted by Gasteiger charge is -2.41. The average Bonchev–Trinajstić information content (AvgIpc) is 2.87. The van der Waals surface area contributed by atoms with E-state index >= 15 is 0 Å². The largest absolute Gasteiger partial charge is 0.335 e. The molecule has 2 aromatic carbocycles. The second-order valence-electron chi connectivity index (χ2n) is 6.31. The SMILES string of the molecule is O=C1Cc2ccc(CC(=O)N3CCC3c3ccccc3F)cc2N1. The standard InChI is InChI=1S/C19H17FN2O2/c20-15-4-2-1-3-14(15)17-7-8-22(17)19(24)10-12-5-6-13-11-18(23)21-16(13)9-12/h1-6,9,17H,7-8,10-11H2,(H,21,23). The van der Waals surface area contributed by atoms with Gasteiger partial charge in [-0.3, -0.25) is 9.59 Å². The number of amides is 2. The smallest absolute Gasteiger partial charge is 0.228 e. The number of nitrogens with one attached hydrogen (secondary N) is 1. The molecule has 1 saturated heterocycles. The number of hydrogen-bond donors (Lipinski definition) is 1. The second-order valence-corrected chi connectivity index (χ2v) is 6.31. The number of anilines is 1. The van der Waals surface area contributed by atoms with Gasteiger partial charge >= 0.3 is 0 Å². The molecule has 0 saturated carbocycles. The molecule has 1 fully saturated rings. The number of halogens is 1. The maximum Gasteiger partial charge on any atom is 0.228 e. The molecule has 122 valence electrons. The summed E-state index contributed by atoms with van der Waals surface area (Å²) in [6.07, 6.45) is 1.44. The lowest BCUT2D eigenvalue weighted by atomic mass is 9.93. The molecule has 1 N–H and O–H groups in total. The predicted octanol–water partition coefficient (Wildman–Crippen LogP) is 2.84. The van der Waals surface area contributed by atoms with Crippen molar-refractivity contribution in [2.75, 3.05) is 11.9 Å². The third kappa shape index (κ3) is 2.56. The highest BCUT2D eigenvalue weighted by molar-refractivity contribution is 5.99. The van der Waals surface area contributed by atoms with Gasteiger partial charge in [-0.25, -0.2) is 4.39 Å². The van der Waals surface area contributed by atoms with Gasteiger partial charge in [0, 0.05) is 17.8 Å². The van der Waals surface area contributed by atoms with E-state index in [0.29, 0.717) is 18.5 Å². The van der Waals surface area contributed by atoms with Crippen molar-refractivity contribution >= 4 is 17.5 Å². The average molecular weight is 324 g/mol. The molecule has 2 aliphatic heterocycles. The maximum atomic E-state index is 13.9. The minimum atomic E-state index is -0.264. The molecule has 1 atom stereocenters. The van der Waals surface area contributed by atoms with Crippen molar-refractivity contribution in [3.8, 4) is 0 Å². The van der Waals surface area contributed by atoms with E-state index in [9.17, 15) is 14.0 Å². The highest BCUT2D eigenvalue weighted by atomic mass is 19.1. The van der Waals surface area contributed by atoms with Crippen LogP contribution in [0.5, 0.6) is 0 Å². The molecule has 0 aliphatic carbocycles. The fourth-order valence-electron chi connectivity index (χ4n) is 3.40. The predicted molar refractivity (Wildman–Crippen MR) is 88.0 cm³/mol. The monoisotopic (exact) mass is 324 g/mol. The Morgan fingerprint density at radius 3 is 2.83 bits per heavy atom. The van der Waals surface area contributed by atoms with E-state index in [1.54, 1.807) is 23.1 Å². The Morgan fingerprint density at radius 1 is 1.25 bits per heavy atom. The van der Waals surface area contributed by atoms with Gasteiger partial charge in [0.15, 0.2) is 0 Å². The molecule has 1 unspecified atom stereocenters. The van der Waals surface area contributed by atoms with Gasteiger partial charge in [-0.05, 0) is 29.7 Å². The fraction of sp³-hybridized carbons (Fsp3) is 0.263. The van der Waals surface area contributed by atoms with Crippen LogP contribution in [0.2, 0.25) is 0 Å². The molecule has 2 aromatic rings. The van der Waals surface area contributed by atoms with E-state index in [1.807, 2.05) is 18.2 Å². The summed E-state index contributed by atoms with van der Waals surface area (Å²) in [4.78, 5) is 25.7. The van der Waals surface area contributed by atoms with Crippen LogP contribution in [0.4, 0.5) is 10.1 Å². The quantitative estimate of drug-likeness (QED) is 0.944. The Morgan fingerprint density at radius 2 is 2.08 bits per heavy atom. The number of nitrogens with zero attached hydrogens (tertiary/aromatic N) is 1. The van der Waals surface area contributed by atoms with Gasteiger partial charge in [0.1, 0.15) is 5.82 Å². The molecule has 0 spiro atoms. The van der Waals surface area contributed by atoms with Gasteiger partial charge in [0.25, 0.3) is 0 Å². The number of fused-ring (bicyclic) bond motifs is 1. The molecular weight excluding hydrogens is 307 g/mol. The molecule has 4 nitrogen and oxygen atoms in total. The highest BCUT2D eigenvalue weighted by Crippen LogP contribution is 2.35. The zero-order chi connectivity index (χ0) is 16.7.